The summed E-state index contributed by atoms with van der Waals surface area (Å²) in [5.41, 5.74) is 2.01. The van der Waals surface area contributed by atoms with Crippen molar-refractivity contribution < 1.29 is 0 Å². The van der Waals surface area contributed by atoms with Gasteiger partial charge in [-0.2, -0.15) is 0 Å². The summed E-state index contributed by atoms with van der Waals surface area (Å²) in [6.45, 7) is 3.89. The Kier molecular flexibility index (Phi) is 4.83. The fraction of sp³-hybridized carbons (Fsp3) is 0.227. The van der Waals surface area contributed by atoms with Gasteiger partial charge in [-0.15, -0.1) is 0 Å². The summed E-state index contributed by atoms with van der Waals surface area (Å²) in [6, 6.07) is 18.4. The second kappa shape index (κ2) is 7.58. The summed E-state index contributed by atoms with van der Waals surface area (Å²) in [6.07, 6.45) is 4.90. The molecular weight excluding hydrogens is 334 g/mol. The van der Waals surface area contributed by atoms with E-state index in [4.69, 9.17) is 9.97 Å². The molecular formula is C22H23N5. The third-order valence-corrected chi connectivity index (χ3v) is 4.79. The lowest BCUT2D eigenvalue weighted by Crippen LogP contribution is -2.22. The Morgan fingerprint density at radius 1 is 0.963 bits per heavy atom. The highest BCUT2D eigenvalue weighted by atomic mass is 15.2. The number of hydrogen-bond donors (Lipinski definition) is 0. The summed E-state index contributed by atoms with van der Waals surface area (Å²) >= 11 is 0. The molecule has 0 aliphatic rings. The molecule has 0 saturated heterocycles. The molecule has 5 heteroatoms. The molecule has 0 saturated carbocycles. The maximum atomic E-state index is 4.90. The molecule has 0 N–H and O–H groups in total. The Bertz CT molecular complexity index is 1040. The number of aryl methyl sites for hydroxylation is 2. The number of para-hydroxylation sites is 1. The van der Waals surface area contributed by atoms with E-state index in [-0.39, 0.29) is 0 Å². The lowest BCUT2D eigenvalue weighted by molar-refractivity contribution is 0.621. The minimum Gasteiger partial charge on any atom is -0.359 e. The van der Waals surface area contributed by atoms with Gasteiger partial charge in [0.25, 0.3) is 0 Å². The topological polar surface area (TPSA) is 46.8 Å². The zero-order valence-electron chi connectivity index (χ0n) is 15.7. The van der Waals surface area contributed by atoms with Gasteiger partial charge in [0.2, 0.25) is 0 Å². The Morgan fingerprint density at radius 2 is 1.74 bits per heavy atom. The molecule has 2 aromatic heterocycles. The van der Waals surface area contributed by atoms with E-state index in [1.54, 1.807) is 0 Å². The third kappa shape index (κ3) is 3.67. The van der Waals surface area contributed by atoms with Crippen LogP contribution in [0.2, 0.25) is 0 Å². The van der Waals surface area contributed by atoms with Crippen molar-refractivity contribution >= 4 is 16.7 Å². The molecule has 0 amide bonds. The van der Waals surface area contributed by atoms with Crippen LogP contribution in [0, 0.1) is 6.92 Å². The molecule has 0 fully saturated rings. The Labute approximate surface area is 159 Å². The van der Waals surface area contributed by atoms with E-state index in [0.717, 1.165) is 53.4 Å². The van der Waals surface area contributed by atoms with E-state index in [2.05, 4.69) is 45.8 Å². The van der Waals surface area contributed by atoms with Crippen molar-refractivity contribution in [2.24, 2.45) is 0 Å². The number of benzene rings is 2. The predicted molar refractivity (Wildman–Crippen MR) is 110 cm³/mol. The van der Waals surface area contributed by atoms with Crippen LogP contribution in [0.5, 0.6) is 0 Å². The molecule has 2 aromatic carbocycles. The first kappa shape index (κ1) is 17.2. The smallest absolute Gasteiger partial charge is 0.162 e. The Balaban J connectivity index is 1.62. The molecule has 136 valence electrons. The van der Waals surface area contributed by atoms with Crippen LogP contribution in [0.4, 0.5) is 5.82 Å². The summed E-state index contributed by atoms with van der Waals surface area (Å²) in [4.78, 5) is 16.2. The molecule has 5 nitrogen and oxygen atoms in total. The minimum atomic E-state index is 0.765. The summed E-state index contributed by atoms with van der Waals surface area (Å²) in [5.74, 6) is 2.79. The average Bonchev–Trinajstić information content (AvgIpc) is 3.12. The molecule has 27 heavy (non-hydrogen) atoms. The van der Waals surface area contributed by atoms with Crippen LogP contribution in [-0.4, -0.2) is 33.1 Å². The molecule has 0 aliphatic carbocycles. The fourth-order valence-corrected chi connectivity index (χ4v) is 3.29. The summed E-state index contributed by atoms with van der Waals surface area (Å²) in [7, 11) is 2.10. The van der Waals surface area contributed by atoms with Crippen LogP contribution < -0.4 is 4.90 Å². The van der Waals surface area contributed by atoms with E-state index in [9.17, 15) is 0 Å². The SMILES string of the molecule is Cc1nccn1CCCN(C)c1nc(-c2ccccc2)nc2ccccc12. The van der Waals surface area contributed by atoms with Gasteiger partial charge in [0.15, 0.2) is 5.82 Å². The van der Waals surface area contributed by atoms with Gasteiger partial charge in [0.05, 0.1) is 5.52 Å². The Hall–Kier alpha value is -3.21. The zero-order valence-corrected chi connectivity index (χ0v) is 15.7. The molecule has 4 aromatic rings. The van der Waals surface area contributed by atoms with Gasteiger partial charge in [-0.05, 0) is 25.5 Å². The summed E-state index contributed by atoms with van der Waals surface area (Å²) in [5, 5.41) is 1.08. The van der Waals surface area contributed by atoms with Crippen molar-refractivity contribution in [3.8, 4) is 11.4 Å². The highest BCUT2D eigenvalue weighted by molar-refractivity contribution is 5.90. The number of imidazole rings is 1. The number of fused-ring (bicyclic) bond motifs is 1. The number of hydrogen-bond acceptors (Lipinski definition) is 4. The average molecular weight is 357 g/mol. The number of aromatic nitrogens is 4. The molecule has 0 atom stereocenters. The molecule has 4 rings (SSSR count). The quantitative estimate of drug-likeness (QED) is 0.515. The highest BCUT2D eigenvalue weighted by Crippen LogP contribution is 2.27. The lowest BCUT2D eigenvalue weighted by Gasteiger charge is -2.21. The van der Waals surface area contributed by atoms with Crippen molar-refractivity contribution in [3.63, 3.8) is 0 Å². The monoisotopic (exact) mass is 357 g/mol. The molecule has 0 aliphatic heterocycles. The largest absolute Gasteiger partial charge is 0.359 e. The van der Waals surface area contributed by atoms with Gasteiger partial charge in [-0.25, -0.2) is 15.0 Å². The number of anilines is 1. The van der Waals surface area contributed by atoms with Gasteiger partial charge in [0, 0.05) is 43.5 Å². The van der Waals surface area contributed by atoms with Crippen molar-refractivity contribution in [2.45, 2.75) is 19.9 Å². The normalized spacial score (nSPS) is 11.0. The first-order valence-corrected chi connectivity index (χ1v) is 9.23. The predicted octanol–water partition coefficient (Wildman–Crippen LogP) is 4.33. The molecule has 0 unspecified atom stereocenters. The van der Waals surface area contributed by atoms with E-state index < -0.39 is 0 Å². The van der Waals surface area contributed by atoms with Crippen LogP contribution in [0.15, 0.2) is 67.0 Å². The second-order valence-corrected chi connectivity index (χ2v) is 6.70. The van der Waals surface area contributed by atoms with Crippen molar-refractivity contribution in [1.29, 1.82) is 0 Å². The van der Waals surface area contributed by atoms with E-state index in [1.807, 2.05) is 49.6 Å². The van der Waals surface area contributed by atoms with Gasteiger partial charge in [-0.1, -0.05) is 42.5 Å². The van der Waals surface area contributed by atoms with Crippen molar-refractivity contribution in [1.82, 2.24) is 19.5 Å². The molecule has 0 radical (unpaired) electrons. The minimum absolute atomic E-state index is 0.765. The van der Waals surface area contributed by atoms with Gasteiger partial charge < -0.3 is 9.47 Å². The van der Waals surface area contributed by atoms with Gasteiger partial charge in [0.1, 0.15) is 11.6 Å². The lowest BCUT2D eigenvalue weighted by atomic mass is 10.1. The van der Waals surface area contributed by atoms with Crippen LogP contribution in [0.3, 0.4) is 0 Å². The van der Waals surface area contributed by atoms with Crippen molar-refractivity contribution in [3.05, 3.63) is 72.8 Å². The van der Waals surface area contributed by atoms with Crippen LogP contribution >= 0.6 is 0 Å². The maximum Gasteiger partial charge on any atom is 0.162 e. The van der Waals surface area contributed by atoms with Crippen LogP contribution in [0.1, 0.15) is 12.2 Å². The standard InChI is InChI=1S/C22H23N5/c1-17-23-13-16-27(17)15-8-14-26(2)22-19-11-6-7-12-20(19)24-21(25-22)18-9-4-3-5-10-18/h3-7,9-13,16H,8,14-15H2,1-2H3. The number of rotatable bonds is 6. The first-order valence-electron chi connectivity index (χ1n) is 9.23. The van der Waals surface area contributed by atoms with E-state index in [0.29, 0.717) is 0 Å². The molecule has 0 spiro atoms. The highest BCUT2D eigenvalue weighted by Gasteiger charge is 2.12. The van der Waals surface area contributed by atoms with Gasteiger partial charge in [-0.3, -0.25) is 0 Å². The van der Waals surface area contributed by atoms with Crippen LogP contribution in [0.25, 0.3) is 22.3 Å². The van der Waals surface area contributed by atoms with Crippen molar-refractivity contribution in [2.75, 3.05) is 18.5 Å². The zero-order chi connectivity index (χ0) is 18.6. The van der Waals surface area contributed by atoms with Crippen LogP contribution in [-0.2, 0) is 6.54 Å². The first-order chi connectivity index (χ1) is 13.2. The fourth-order valence-electron chi connectivity index (χ4n) is 3.29. The number of nitrogens with zero attached hydrogens (tertiary/aromatic N) is 5. The van der Waals surface area contributed by atoms with E-state index >= 15 is 0 Å². The third-order valence-electron chi connectivity index (χ3n) is 4.79. The van der Waals surface area contributed by atoms with Gasteiger partial charge >= 0.3 is 0 Å². The summed E-state index contributed by atoms with van der Waals surface area (Å²) < 4.78 is 2.18. The Morgan fingerprint density at radius 3 is 2.52 bits per heavy atom. The molecule has 0 bridgehead atoms. The molecule has 2 heterocycles. The maximum absolute atomic E-state index is 4.90. The second-order valence-electron chi connectivity index (χ2n) is 6.70. The van der Waals surface area contributed by atoms with E-state index in [1.165, 1.54) is 0 Å².